The number of rotatable bonds is 3. The van der Waals surface area contributed by atoms with E-state index in [1.807, 2.05) is 0 Å². The Labute approximate surface area is 96.7 Å². The van der Waals surface area contributed by atoms with Crippen molar-refractivity contribution < 1.29 is 19.8 Å². The van der Waals surface area contributed by atoms with E-state index in [-0.39, 0.29) is 5.69 Å². The Balaban J connectivity index is 2.22. The van der Waals surface area contributed by atoms with Gasteiger partial charge >= 0.3 is 11.9 Å². The predicted molar refractivity (Wildman–Crippen MR) is 57.0 cm³/mol. The molecule has 1 atom stereocenters. The molecule has 2 N–H and O–H groups in total. The summed E-state index contributed by atoms with van der Waals surface area (Å²) < 4.78 is 0. The number of aromatic nitrogens is 2. The molecule has 0 spiro atoms. The average molecular weight is 237 g/mol. The van der Waals surface area contributed by atoms with Gasteiger partial charge in [-0.1, -0.05) is 0 Å². The number of carbonyl (C=O) groups is 2. The second kappa shape index (κ2) is 4.36. The van der Waals surface area contributed by atoms with Crippen molar-refractivity contribution in [2.75, 3.05) is 11.4 Å². The molecule has 1 aliphatic rings. The maximum Gasteiger partial charge on any atom is 0.356 e. The van der Waals surface area contributed by atoms with Crippen LogP contribution in [0.5, 0.6) is 0 Å². The third-order valence-corrected chi connectivity index (χ3v) is 2.69. The molecule has 0 radical (unpaired) electrons. The summed E-state index contributed by atoms with van der Waals surface area (Å²) in [5.74, 6) is -1.65. The number of carboxylic acid groups (broad SMARTS) is 2. The third kappa shape index (κ3) is 2.17. The SMILES string of the molecule is O=C(O)c1cnc(N2CCCC2C(=O)O)cn1. The Morgan fingerprint density at radius 2 is 2.06 bits per heavy atom. The molecule has 17 heavy (non-hydrogen) atoms. The van der Waals surface area contributed by atoms with Gasteiger partial charge in [0.2, 0.25) is 0 Å². The maximum atomic E-state index is 11.0. The molecule has 90 valence electrons. The first-order chi connectivity index (χ1) is 8.09. The van der Waals surface area contributed by atoms with Crippen molar-refractivity contribution in [1.29, 1.82) is 0 Å². The van der Waals surface area contributed by atoms with Gasteiger partial charge in [0.05, 0.1) is 12.4 Å². The number of hydrogen-bond acceptors (Lipinski definition) is 5. The Morgan fingerprint density at radius 1 is 1.29 bits per heavy atom. The first-order valence-corrected chi connectivity index (χ1v) is 5.14. The minimum Gasteiger partial charge on any atom is -0.480 e. The van der Waals surface area contributed by atoms with Gasteiger partial charge < -0.3 is 15.1 Å². The van der Waals surface area contributed by atoms with Gasteiger partial charge in [-0.15, -0.1) is 0 Å². The normalized spacial score (nSPS) is 19.3. The minimum atomic E-state index is -1.15. The molecule has 1 aromatic heterocycles. The molecular weight excluding hydrogens is 226 g/mol. The lowest BCUT2D eigenvalue weighted by Gasteiger charge is -2.21. The van der Waals surface area contributed by atoms with E-state index in [9.17, 15) is 9.59 Å². The molecular formula is C10H11N3O4. The summed E-state index contributed by atoms with van der Waals surface area (Å²) in [5, 5.41) is 17.7. The first-order valence-electron chi connectivity index (χ1n) is 5.14. The lowest BCUT2D eigenvalue weighted by molar-refractivity contribution is -0.138. The molecule has 1 aromatic rings. The molecule has 0 aliphatic carbocycles. The van der Waals surface area contributed by atoms with Crippen molar-refractivity contribution in [2.24, 2.45) is 0 Å². The Hall–Kier alpha value is -2.18. The molecule has 1 aliphatic heterocycles. The highest BCUT2D eigenvalue weighted by Crippen LogP contribution is 2.23. The van der Waals surface area contributed by atoms with Crippen LogP contribution in [-0.2, 0) is 4.79 Å². The molecule has 7 nitrogen and oxygen atoms in total. The van der Waals surface area contributed by atoms with E-state index in [4.69, 9.17) is 10.2 Å². The summed E-state index contributed by atoms with van der Waals surface area (Å²) >= 11 is 0. The summed E-state index contributed by atoms with van der Waals surface area (Å²) in [6, 6.07) is -0.597. The van der Waals surface area contributed by atoms with Crippen LogP contribution >= 0.6 is 0 Å². The average Bonchev–Trinajstić information content (AvgIpc) is 2.78. The van der Waals surface area contributed by atoms with E-state index < -0.39 is 18.0 Å². The van der Waals surface area contributed by atoms with E-state index in [0.717, 1.165) is 12.6 Å². The smallest absolute Gasteiger partial charge is 0.356 e. The first kappa shape index (κ1) is 11.3. The fraction of sp³-hybridized carbons (Fsp3) is 0.400. The van der Waals surface area contributed by atoms with Crippen LogP contribution in [0.25, 0.3) is 0 Å². The van der Waals surface area contributed by atoms with E-state index in [1.54, 1.807) is 4.90 Å². The molecule has 1 saturated heterocycles. The molecule has 0 amide bonds. The Morgan fingerprint density at radius 3 is 2.59 bits per heavy atom. The van der Waals surface area contributed by atoms with Crippen molar-refractivity contribution in [1.82, 2.24) is 9.97 Å². The van der Waals surface area contributed by atoms with Crippen LogP contribution in [0.2, 0.25) is 0 Å². The molecule has 0 saturated carbocycles. The fourth-order valence-corrected chi connectivity index (χ4v) is 1.88. The van der Waals surface area contributed by atoms with Crippen LogP contribution in [0.3, 0.4) is 0 Å². The number of carboxylic acids is 2. The second-order valence-electron chi connectivity index (χ2n) is 3.75. The number of aliphatic carboxylic acids is 1. The Bertz CT molecular complexity index is 445. The van der Waals surface area contributed by atoms with Gasteiger partial charge in [0, 0.05) is 6.54 Å². The van der Waals surface area contributed by atoms with Crippen LogP contribution in [0.1, 0.15) is 23.3 Å². The van der Waals surface area contributed by atoms with Gasteiger partial charge in [0.25, 0.3) is 0 Å². The predicted octanol–water partition coefficient (Wildman–Crippen LogP) is 0.228. The molecule has 2 rings (SSSR count). The third-order valence-electron chi connectivity index (χ3n) is 2.69. The van der Waals surface area contributed by atoms with E-state index in [0.29, 0.717) is 18.8 Å². The van der Waals surface area contributed by atoms with Crippen molar-refractivity contribution in [3.05, 3.63) is 18.1 Å². The minimum absolute atomic E-state index is 0.153. The van der Waals surface area contributed by atoms with Crippen LogP contribution in [0.15, 0.2) is 12.4 Å². The molecule has 1 fully saturated rings. The second-order valence-corrected chi connectivity index (χ2v) is 3.75. The monoisotopic (exact) mass is 237 g/mol. The van der Waals surface area contributed by atoms with Gasteiger partial charge in [0.15, 0.2) is 5.69 Å². The van der Waals surface area contributed by atoms with Crippen molar-refractivity contribution in [2.45, 2.75) is 18.9 Å². The highest BCUT2D eigenvalue weighted by Gasteiger charge is 2.31. The molecule has 7 heteroatoms. The van der Waals surface area contributed by atoms with Gasteiger partial charge in [-0.05, 0) is 12.8 Å². The zero-order valence-electron chi connectivity index (χ0n) is 8.91. The topological polar surface area (TPSA) is 104 Å². The quantitative estimate of drug-likeness (QED) is 0.775. The highest BCUT2D eigenvalue weighted by molar-refractivity contribution is 5.85. The Kier molecular flexibility index (Phi) is 2.90. The van der Waals surface area contributed by atoms with Crippen molar-refractivity contribution in [3.63, 3.8) is 0 Å². The molecule has 2 heterocycles. The maximum absolute atomic E-state index is 11.0. The molecule has 0 bridgehead atoms. The summed E-state index contributed by atoms with van der Waals surface area (Å²) in [5.41, 5.74) is -0.153. The number of hydrogen-bond donors (Lipinski definition) is 2. The van der Waals surface area contributed by atoms with Gasteiger partial charge in [-0.3, -0.25) is 0 Å². The largest absolute Gasteiger partial charge is 0.480 e. The van der Waals surface area contributed by atoms with Crippen molar-refractivity contribution in [3.8, 4) is 0 Å². The van der Waals surface area contributed by atoms with Gasteiger partial charge in [-0.2, -0.15) is 0 Å². The lowest BCUT2D eigenvalue weighted by Crippen LogP contribution is -2.36. The fourth-order valence-electron chi connectivity index (χ4n) is 1.88. The van der Waals surface area contributed by atoms with Crippen molar-refractivity contribution >= 4 is 17.8 Å². The summed E-state index contributed by atoms with van der Waals surface area (Å²) in [6.07, 6.45) is 3.77. The lowest BCUT2D eigenvalue weighted by atomic mass is 10.2. The number of aromatic carboxylic acids is 1. The molecule has 1 unspecified atom stereocenters. The highest BCUT2D eigenvalue weighted by atomic mass is 16.4. The van der Waals surface area contributed by atoms with Crippen LogP contribution in [0, 0.1) is 0 Å². The van der Waals surface area contributed by atoms with Crippen LogP contribution in [-0.4, -0.2) is 44.7 Å². The van der Waals surface area contributed by atoms with Crippen LogP contribution in [0.4, 0.5) is 5.82 Å². The standard InChI is InChI=1S/C10H11N3O4/c14-9(15)6-4-12-8(5-11-6)13-3-1-2-7(13)10(16)17/h4-5,7H,1-3H2,(H,14,15)(H,16,17). The number of anilines is 1. The molecule has 0 aromatic carbocycles. The zero-order valence-corrected chi connectivity index (χ0v) is 8.91. The van der Waals surface area contributed by atoms with E-state index in [1.165, 1.54) is 6.20 Å². The summed E-state index contributed by atoms with van der Waals surface area (Å²) in [7, 11) is 0. The van der Waals surface area contributed by atoms with E-state index >= 15 is 0 Å². The summed E-state index contributed by atoms with van der Waals surface area (Å²) in [4.78, 5) is 30.9. The van der Waals surface area contributed by atoms with E-state index in [2.05, 4.69) is 9.97 Å². The summed E-state index contributed by atoms with van der Waals surface area (Å²) in [6.45, 7) is 0.595. The van der Waals surface area contributed by atoms with Gasteiger partial charge in [-0.25, -0.2) is 19.6 Å². The van der Waals surface area contributed by atoms with Gasteiger partial charge in [0.1, 0.15) is 11.9 Å². The zero-order chi connectivity index (χ0) is 12.4. The van der Waals surface area contributed by atoms with Crippen LogP contribution < -0.4 is 4.90 Å². The number of nitrogens with zero attached hydrogens (tertiary/aromatic N) is 3.